The summed E-state index contributed by atoms with van der Waals surface area (Å²) in [7, 11) is 4.06. The second kappa shape index (κ2) is 14.9. The molecule has 11 heteroatoms. The van der Waals surface area contributed by atoms with Crippen LogP contribution in [0.4, 0.5) is 16.4 Å². The molecule has 1 aliphatic carbocycles. The van der Waals surface area contributed by atoms with Gasteiger partial charge in [0.1, 0.15) is 17.7 Å². The fraction of sp³-hybridized carbons (Fsp3) is 0.436. The second-order valence-electron chi connectivity index (χ2n) is 14.8. The Kier molecular flexibility index (Phi) is 10.4. The summed E-state index contributed by atoms with van der Waals surface area (Å²) in [5.41, 5.74) is 11.5. The topological polar surface area (TPSA) is 125 Å². The predicted molar refractivity (Wildman–Crippen MR) is 200 cm³/mol. The Labute approximate surface area is 295 Å². The molecule has 0 bridgehead atoms. The monoisotopic (exact) mass is 677 g/mol. The average Bonchev–Trinajstić information content (AvgIpc) is 3.48. The van der Waals surface area contributed by atoms with Gasteiger partial charge in [-0.05, 0) is 94.1 Å². The predicted octanol–water partition coefficient (Wildman–Crippen LogP) is 7.04. The third kappa shape index (κ3) is 8.27. The number of piperidine rings is 1. The van der Waals surface area contributed by atoms with Crippen molar-refractivity contribution in [3.05, 3.63) is 95.3 Å². The molecular weight excluding hydrogens is 626 g/mol. The third-order valence-electron chi connectivity index (χ3n) is 9.50. The number of ether oxygens (including phenoxy) is 1. The van der Waals surface area contributed by atoms with Crippen LogP contribution in [-0.4, -0.2) is 58.0 Å². The number of carbonyl (C=O) groups is 1. The lowest BCUT2D eigenvalue weighted by molar-refractivity contribution is 0.171. The molecule has 1 aliphatic heterocycles. The Balaban J connectivity index is 1.19. The van der Waals surface area contributed by atoms with E-state index in [0.29, 0.717) is 24.0 Å². The van der Waals surface area contributed by atoms with E-state index < -0.39 is 0 Å². The number of aliphatic imine (C=N–C) groups is 1. The van der Waals surface area contributed by atoms with Crippen LogP contribution in [0.15, 0.2) is 83.6 Å². The van der Waals surface area contributed by atoms with Gasteiger partial charge in [0, 0.05) is 36.3 Å². The highest BCUT2D eigenvalue weighted by molar-refractivity contribution is 6.05. The zero-order valence-electron chi connectivity index (χ0n) is 30.2. The molecule has 0 radical (unpaired) electrons. The fourth-order valence-corrected chi connectivity index (χ4v) is 6.71. The van der Waals surface area contributed by atoms with Crippen molar-refractivity contribution in [2.45, 2.75) is 84.5 Å². The Morgan fingerprint density at radius 2 is 1.84 bits per heavy atom. The van der Waals surface area contributed by atoms with E-state index in [-0.39, 0.29) is 23.6 Å². The third-order valence-corrected chi connectivity index (χ3v) is 9.50. The van der Waals surface area contributed by atoms with Gasteiger partial charge < -0.3 is 25.6 Å². The van der Waals surface area contributed by atoms with Crippen LogP contribution in [0, 0.1) is 5.41 Å². The molecule has 6 rings (SSSR count). The van der Waals surface area contributed by atoms with E-state index in [1.165, 1.54) is 6.42 Å². The number of nitrogens with two attached hydrogens (primary N) is 1. The summed E-state index contributed by atoms with van der Waals surface area (Å²) in [4.78, 5) is 22.9. The Bertz CT molecular complexity index is 1870. The van der Waals surface area contributed by atoms with Gasteiger partial charge in [-0.1, -0.05) is 57.2 Å². The Hall–Kier alpha value is -4.90. The summed E-state index contributed by atoms with van der Waals surface area (Å²) in [6, 6.07) is 20.0. The number of aromatic nitrogens is 3. The number of benzene rings is 2. The maximum atomic E-state index is 13.6. The molecule has 11 nitrogen and oxygen atoms in total. The number of nitrogens with one attached hydrogen (secondary N) is 2. The van der Waals surface area contributed by atoms with Crippen LogP contribution < -0.4 is 26.0 Å². The number of hydrogen-bond acceptors (Lipinski definition) is 8. The quantitative estimate of drug-likeness (QED) is 0.135. The first-order valence-corrected chi connectivity index (χ1v) is 17.7. The average molecular weight is 678 g/mol. The number of hydrogen-bond donors (Lipinski definition) is 3. The first-order valence-electron chi connectivity index (χ1n) is 17.7. The molecule has 1 saturated heterocycles. The van der Waals surface area contributed by atoms with E-state index in [1.54, 1.807) is 6.08 Å². The van der Waals surface area contributed by atoms with Crippen molar-refractivity contribution in [3.8, 4) is 5.75 Å². The minimum absolute atomic E-state index is 0.167. The highest BCUT2D eigenvalue weighted by Crippen LogP contribution is 2.39. The van der Waals surface area contributed by atoms with Crippen LogP contribution >= 0.6 is 0 Å². The van der Waals surface area contributed by atoms with Gasteiger partial charge in [-0.3, -0.25) is 9.72 Å². The number of nitrogens with zero attached hydrogens (tertiary/aromatic N) is 6. The van der Waals surface area contributed by atoms with Crippen LogP contribution in [0.1, 0.15) is 88.6 Å². The lowest BCUT2D eigenvalue weighted by Gasteiger charge is -2.33. The molecule has 4 N–H and O–H groups in total. The van der Waals surface area contributed by atoms with E-state index in [2.05, 4.69) is 55.8 Å². The van der Waals surface area contributed by atoms with E-state index in [1.807, 2.05) is 87.9 Å². The summed E-state index contributed by atoms with van der Waals surface area (Å²) in [6.07, 6.45) is 8.57. The van der Waals surface area contributed by atoms with Crippen molar-refractivity contribution >= 4 is 29.1 Å². The van der Waals surface area contributed by atoms with Crippen molar-refractivity contribution in [3.63, 3.8) is 0 Å². The molecule has 3 atom stereocenters. The molecule has 2 aliphatic rings. The van der Waals surface area contributed by atoms with Gasteiger partial charge in [-0.2, -0.15) is 0 Å². The normalized spacial score (nSPS) is 20.1. The van der Waals surface area contributed by atoms with Crippen molar-refractivity contribution in [1.29, 1.82) is 0 Å². The molecular formula is C39H51N9O2. The number of fused-ring (bicyclic) bond motifs is 2. The van der Waals surface area contributed by atoms with Gasteiger partial charge in [0.25, 0.3) is 0 Å². The highest BCUT2D eigenvalue weighted by Gasteiger charge is 2.30. The minimum Gasteiger partial charge on any atom is -0.484 e. The second-order valence-corrected chi connectivity index (χ2v) is 14.8. The highest BCUT2D eigenvalue weighted by atomic mass is 16.5. The van der Waals surface area contributed by atoms with E-state index in [9.17, 15) is 4.79 Å². The largest absolute Gasteiger partial charge is 0.484 e. The molecule has 0 saturated carbocycles. The van der Waals surface area contributed by atoms with Gasteiger partial charge in [0.15, 0.2) is 5.65 Å². The van der Waals surface area contributed by atoms with E-state index in [4.69, 9.17) is 15.5 Å². The molecule has 264 valence electrons. The van der Waals surface area contributed by atoms with E-state index in [0.717, 1.165) is 72.1 Å². The molecule has 2 aromatic carbocycles. The van der Waals surface area contributed by atoms with Crippen LogP contribution in [-0.2, 0) is 6.54 Å². The number of carbonyl (C=O) groups excluding carboxylic acids is 1. The van der Waals surface area contributed by atoms with Crippen molar-refractivity contribution < 1.29 is 9.53 Å². The molecule has 3 heterocycles. The van der Waals surface area contributed by atoms with Gasteiger partial charge in [0.2, 0.25) is 5.95 Å². The van der Waals surface area contributed by atoms with Crippen LogP contribution in [0.25, 0.3) is 5.65 Å². The maximum Gasteiger partial charge on any atom is 0.320 e. The standard InChI is InChI=1S/C39H51N9O2/c1-26-12-9-10-21-47(26)38-45-44-36-20-17-29(25-48(36)38)50-33-19-18-32(30-15-7-8-16-31(30)33)42-37(49)43-35(23-34(40)39(2,3)4)41-28-14-11-13-27(22-28)24-46(5)6/h7-8,11,13-17,20,22-23,25-26,32-33H,9-10,12,18-19,21,24,40H2,1-6H3,(H2,41,42,43,49)/b34-23-/t26-,32-,33+/m0/s1. The zero-order valence-corrected chi connectivity index (χ0v) is 30.2. The Morgan fingerprint density at radius 1 is 1.04 bits per heavy atom. The van der Waals surface area contributed by atoms with Crippen LogP contribution in [0.5, 0.6) is 5.75 Å². The minimum atomic E-state index is -0.345. The van der Waals surface area contributed by atoms with Gasteiger partial charge in [0.05, 0.1) is 17.9 Å². The summed E-state index contributed by atoms with van der Waals surface area (Å²) < 4.78 is 8.70. The smallest absolute Gasteiger partial charge is 0.320 e. The molecule has 0 spiro atoms. The van der Waals surface area contributed by atoms with Gasteiger partial charge >= 0.3 is 6.03 Å². The number of urea groups is 1. The van der Waals surface area contributed by atoms with Gasteiger partial charge in [-0.15, -0.1) is 10.2 Å². The number of amides is 2. The first kappa shape index (κ1) is 34.9. The fourth-order valence-electron chi connectivity index (χ4n) is 6.71. The van der Waals surface area contributed by atoms with Crippen LogP contribution in [0.3, 0.4) is 0 Å². The zero-order chi connectivity index (χ0) is 35.4. The number of amidine groups is 1. The van der Waals surface area contributed by atoms with E-state index >= 15 is 0 Å². The van der Waals surface area contributed by atoms with Crippen molar-refractivity contribution in [2.24, 2.45) is 16.1 Å². The lowest BCUT2D eigenvalue weighted by Crippen LogP contribution is -2.42. The van der Waals surface area contributed by atoms with Gasteiger partial charge in [-0.25, -0.2) is 9.79 Å². The molecule has 1 fully saturated rings. The summed E-state index contributed by atoms with van der Waals surface area (Å²) in [6.45, 7) is 10.1. The Morgan fingerprint density at radius 3 is 2.60 bits per heavy atom. The molecule has 2 aromatic heterocycles. The molecule has 2 amide bonds. The van der Waals surface area contributed by atoms with Crippen molar-refractivity contribution in [2.75, 3.05) is 25.5 Å². The summed E-state index contributed by atoms with van der Waals surface area (Å²) in [5, 5.41) is 15.2. The number of allylic oxidation sites excluding steroid dienone is 1. The maximum absolute atomic E-state index is 13.6. The summed E-state index contributed by atoms with van der Waals surface area (Å²) in [5.74, 6) is 2.00. The number of pyridine rings is 1. The number of rotatable bonds is 8. The summed E-state index contributed by atoms with van der Waals surface area (Å²) >= 11 is 0. The first-order chi connectivity index (χ1) is 23.9. The van der Waals surface area contributed by atoms with Crippen LogP contribution in [0.2, 0.25) is 0 Å². The molecule has 4 aromatic rings. The lowest BCUT2D eigenvalue weighted by atomic mass is 9.85. The molecule has 50 heavy (non-hydrogen) atoms. The number of anilines is 1. The van der Waals surface area contributed by atoms with Crippen molar-refractivity contribution in [1.82, 2.24) is 30.1 Å². The SMILES string of the molecule is C[C@H]1CCCCN1c1nnc2ccc(O[C@@H]3CC[C@H](NC(=O)NC(/C=C(\N)C(C)(C)C)=Nc4cccc(CN(C)C)c4)c4ccccc43)cn12. The molecule has 0 unspecified atom stereocenters.